The minimum Gasteiger partial charge on any atom is -0.324 e. The Bertz CT molecular complexity index is 626. The number of nitrogens with zero attached hydrogens (tertiary/aromatic N) is 1. The maximum Gasteiger partial charge on any atom is 0.266 e. The van der Waals surface area contributed by atoms with Crippen LogP contribution in [0.4, 0.5) is 5.69 Å². The van der Waals surface area contributed by atoms with Gasteiger partial charge in [-0.3, -0.25) is 4.99 Å². The van der Waals surface area contributed by atoms with E-state index >= 15 is 0 Å². The summed E-state index contributed by atoms with van der Waals surface area (Å²) in [5, 5.41) is 3.48. The smallest absolute Gasteiger partial charge is 0.266 e. The van der Waals surface area contributed by atoms with Crippen molar-refractivity contribution >= 4 is 33.3 Å². The minimum absolute atomic E-state index is 0.198. The lowest BCUT2D eigenvalue weighted by molar-refractivity contribution is 0.591. The highest BCUT2D eigenvalue weighted by Crippen LogP contribution is 2.30. The molecular formula is C12H16ClN3O2S. The Hall–Kier alpha value is -1.27. The number of aliphatic imine (C=N–C) groups is 1. The number of aryl methyl sites for hydroxylation is 1. The predicted molar refractivity (Wildman–Crippen MR) is 77.3 cm³/mol. The third kappa shape index (κ3) is 3.01. The zero-order chi connectivity index (χ0) is 14.0. The summed E-state index contributed by atoms with van der Waals surface area (Å²) in [6.45, 7) is 4.40. The number of nitrogens with one attached hydrogen (secondary N) is 2. The summed E-state index contributed by atoms with van der Waals surface area (Å²) in [4.78, 5) is 4.39. The van der Waals surface area contributed by atoms with Crippen LogP contribution in [-0.4, -0.2) is 20.9 Å². The molecular weight excluding hydrogens is 286 g/mol. The molecule has 1 aromatic carbocycles. The quantitative estimate of drug-likeness (QED) is 0.843. The second kappa shape index (κ2) is 5.38. The van der Waals surface area contributed by atoms with Gasteiger partial charge in [0.15, 0.2) is 0 Å². The highest BCUT2D eigenvalue weighted by atomic mass is 35.5. The average molecular weight is 302 g/mol. The summed E-state index contributed by atoms with van der Waals surface area (Å²) in [5.41, 5.74) is 1.18. The average Bonchev–Trinajstić information content (AvgIpc) is 2.32. The molecule has 0 radical (unpaired) electrons. The third-order valence-corrected chi connectivity index (χ3v) is 4.60. The summed E-state index contributed by atoms with van der Waals surface area (Å²) in [6.07, 6.45) is 1.92. The van der Waals surface area contributed by atoms with E-state index in [1.165, 1.54) is 0 Å². The number of guanidine groups is 1. The van der Waals surface area contributed by atoms with E-state index in [0.29, 0.717) is 17.3 Å². The molecule has 1 aromatic rings. The first-order chi connectivity index (χ1) is 8.94. The minimum atomic E-state index is -3.57. The first kappa shape index (κ1) is 14.1. The molecule has 0 aliphatic carbocycles. The van der Waals surface area contributed by atoms with Crippen LogP contribution in [0.2, 0.25) is 5.02 Å². The second-order valence-electron chi connectivity index (χ2n) is 4.41. The molecule has 19 heavy (non-hydrogen) atoms. The molecule has 0 amide bonds. The molecule has 0 saturated carbocycles. The van der Waals surface area contributed by atoms with E-state index in [2.05, 4.69) is 22.0 Å². The van der Waals surface area contributed by atoms with E-state index in [1.807, 2.05) is 0 Å². The van der Waals surface area contributed by atoms with Crippen molar-refractivity contribution in [1.82, 2.24) is 4.72 Å². The fourth-order valence-electron chi connectivity index (χ4n) is 1.73. The van der Waals surface area contributed by atoms with Crippen molar-refractivity contribution in [3.63, 3.8) is 0 Å². The highest BCUT2D eigenvalue weighted by Gasteiger charge is 2.27. The van der Waals surface area contributed by atoms with Gasteiger partial charge in [0.25, 0.3) is 10.0 Å². The van der Waals surface area contributed by atoms with Crippen molar-refractivity contribution in [2.75, 3.05) is 11.9 Å². The third-order valence-electron chi connectivity index (χ3n) is 2.82. The maximum atomic E-state index is 12.1. The van der Waals surface area contributed by atoms with E-state index in [0.717, 1.165) is 18.4 Å². The van der Waals surface area contributed by atoms with Gasteiger partial charge >= 0.3 is 0 Å². The SMILES string of the molecule is CCCCN=C1Nc2cc(Cl)c(C)cc2S(=O)(=O)N1. The van der Waals surface area contributed by atoms with Crippen LogP contribution < -0.4 is 10.0 Å². The lowest BCUT2D eigenvalue weighted by Crippen LogP contribution is -2.40. The second-order valence-corrected chi connectivity index (χ2v) is 6.47. The van der Waals surface area contributed by atoms with Crippen molar-refractivity contribution in [1.29, 1.82) is 0 Å². The number of benzene rings is 1. The zero-order valence-corrected chi connectivity index (χ0v) is 12.4. The van der Waals surface area contributed by atoms with E-state index in [1.54, 1.807) is 19.1 Å². The van der Waals surface area contributed by atoms with Gasteiger partial charge in [-0.15, -0.1) is 0 Å². The van der Waals surface area contributed by atoms with Gasteiger partial charge in [-0.1, -0.05) is 24.9 Å². The molecule has 2 rings (SSSR count). The first-order valence-corrected chi connectivity index (χ1v) is 7.94. The Morgan fingerprint density at radius 2 is 2.11 bits per heavy atom. The zero-order valence-electron chi connectivity index (χ0n) is 10.8. The van der Waals surface area contributed by atoms with Crippen LogP contribution in [0.25, 0.3) is 0 Å². The number of hydrogen-bond donors (Lipinski definition) is 2. The first-order valence-electron chi connectivity index (χ1n) is 6.08. The van der Waals surface area contributed by atoms with Crippen LogP contribution in [0.5, 0.6) is 0 Å². The van der Waals surface area contributed by atoms with Crippen LogP contribution in [0.15, 0.2) is 22.0 Å². The van der Waals surface area contributed by atoms with Crippen molar-refractivity contribution in [2.24, 2.45) is 4.99 Å². The standard InChI is InChI=1S/C12H16ClN3O2S/c1-3-4-5-14-12-15-10-7-9(13)8(2)6-11(10)19(17,18)16-12/h6-7H,3-5H2,1-2H3,(H2,14,15,16). The fourth-order valence-corrected chi connectivity index (χ4v) is 3.11. The Kier molecular flexibility index (Phi) is 4.01. The van der Waals surface area contributed by atoms with Crippen LogP contribution in [-0.2, 0) is 10.0 Å². The highest BCUT2D eigenvalue weighted by molar-refractivity contribution is 7.90. The fraction of sp³-hybridized carbons (Fsp3) is 0.417. The Morgan fingerprint density at radius 3 is 2.79 bits per heavy atom. The van der Waals surface area contributed by atoms with Crippen LogP contribution in [0.1, 0.15) is 25.3 Å². The van der Waals surface area contributed by atoms with Crippen LogP contribution >= 0.6 is 11.6 Å². The molecule has 0 fully saturated rings. The van der Waals surface area contributed by atoms with Crippen molar-refractivity contribution in [2.45, 2.75) is 31.6 Å². The molecule has 2 N–H and O–H groups in total. The summed E-state index contributed by atoms with van der Waals surface area (Å²) in [7, 11) is -3.57. The molecule has 0 aromatic heterocycles. The van der Waals surface area contributed by atoms with Gasteiger partial charge in [0.05, 0.1) is 5.69 Å². The van der Waals surface area contributed by atoms with Gasteiger partial charge in [0, 0.05) is 11.6 Å². The molecule has 1 aliphatic rings. The van der Waals surface area contributed by atoms with Crippen LogP contribution in [0.3, 0.4) is 0 Å². The Balaban J connectivity index is 2.39. The number of unbranched alkanes of at least 4 members (excludes halogenated alkanes) is 1. The van der Waals surface area contributed by atoms with Gasteiger partial charge in [-0.25, -0.2) is 13.1 Å². The van der Waals surface area contributed by atoms with E-state index < -0.39 is 10.0 Å². The van der Waals surface area contributed by atoms with Crippen LogP contribution in [0, 0.1) is 6.92 Å². The molecule has 0 atom stereocenters. The molecule has 0 bridgehead atoms. The van der Waals surface area contributed by atoms with E-state index in [-0.39, 0.29) is 10.9 Å². The van der Waals surface area contributed by atoms with Gasteiger partial charge in [0.1, 0.15) is 4.90 Å². The lowest BCUT2D eigenvalue weighted by Gasteiger charge is -2.22. The van der Waals surface area contributed by atoms with Crippen molar-refractivity contribution in [3.8, 4) is 0 Å². The number of sulfonamides is 1. The summed E-state index contributed by atoms with van der Waals surface area (Å²) < 4.78 is 26.6. The largest absolute Gasteiger partial charge is 0.324 e. The maximum absolute atomic E-state index is 12.1. The molecule has 5 nitrogen and oxygen atoms in total. The molecule has 1 heterocycles. The van der Waals surface area contributed by atoms with E-state index in [9.17, 15) is 8.42 Å². The molecule has 1 aliphatic heterocycles. The number of anilines is 1. The molecule has 0 unspecified atom stereocenters. The molecule has 0 spiro atoms. The molecule has 7 heteroatoms. The number of halogens is 1. The summed E-state index contributed by atoms with van der Waals surface area (Å²) in [6, 6.07) is 3.16. The predicted octanol–water partition coefficient (Wildman–Crippen LogP) is 2.51. The lowest BCUT2D eigenvalue weighted by atomic mass is 10.2. The van der Waals surface area contributed by atoms with Gasteiger partial charge in [-0.05, 0) is 31.0 Å². The van der Waals surface area contributed by atoms with Crippen molar-refractivity contribution in [3.05, 3.63) is 22.7 Å². The molecule has 104 valence electrons. The van der Waals surface area contributed by atoms with Crippen molar-refractivity contribution < 1.29 is 8.42 Å². The van der Waals surface area contributed by atoms with Gasteiger partial charge in [-0.2, -0.15) is 0 Å². The number of rotatable bonds is 3. The number of hydrogen-bond acceptors (Lipinski definition) is 3. The summed E-state index contributed by atoms with van der Waals surface area (Å²) in [5.74, 6) is 0.251. The summed E-state index contributed by atoms with van der Waals surface area (Å²) >= 11 is 6.02. The van der Waals surface area contributed by atoms with E-state index in [4.69, 9.17) is 11.6 Å². The Labute approximate surface area is 118 Å². The normalized spacial score (nSPS) is 18.6. The van der Waals surface area contributed by atoms with Gasteiger partial charge in [0.2, 0.25) is 5.96 Å². The van der Waals surface area contributed by atoms with Gasteiger partial charge < -0.3 is 5.32 Å². The Morgan fingerprint density at radius 1 is 1.37 bits per heavy atom. The molecule has 0 saturated heterocycles. The number of fused-ring (bicyclic) bond motifs is 1. The topological polar surface area (TPSA) is 70.6 Å². The monoisotopic (exact) mass is 301 g/mol.